The molecular weight excluding hydrogens is 268 g/mol. The van der Waals surface area contributed by atoms with Crippen LogP contribution in [0.2, 0.25) is 0 Å². The monoisotopic (exact) mass is 294 g/mol. The predicted octanol–water partition coefficient (Wildman–Crippen LogP) is 3.49. The zero-order valence-corrected chi connectivity index (χ0v) is 13.4. The molecule has 0 aliphatic carbocycles. The summed E-state index contributed by atoms with van der Waals surface area (Å²) in [7, 11) is 0. The molecule has 0 aromatic carbocycles. The Balaban J connectivity index is 1.77. The third-order valence-corrected chi connectivity index (χ3v) is 3.55. The highest BCUT2D eigenvalue weighted by Gasteiger charge is 2.28. The van der Waals surface area contributed by atoms with Crippen molar-refractivity contribution in [3.8, 4) is 0 Å². The fraction of sp³-hybridized carbons (Fsp3) is 0.688. The van der Waals surface area contributed by atoms with E-state index in [0.29, 0.717) is 13.1 Å². The number of hydrogen-bond acceptors (Lipinski definition) is 3. The molecule has 5 nitrogen and oxygen atoms in total. The first kappa shape index (κ1) is 15.9. The maximum Gasteiger partial charge on any atom is 0.410 e. The topological polar surface area (TPSA) is 54.6 Å². The third-order valence-electron chi connectivity index (χ3n) is 3.55. The van der Waals surface area contributed by atoms with Gasteiger partial charge in [-0.1, -0.05) is 0 Å². The van der Waals surface area contributed by atoms with Crippen LogP contribution in [-0.4, -0.2) is 40.8 Å². The number of hydrogen-bond donors (Lipinski definition) is 1. The Bertz CT molecular complexity index is 443. The van der Waals surface area contributed by atoms with Gasteiger partial charge in [0.05, 0.1) is 12.2 Å². The van der Waals surface area contributed by atoms with Gasteiger partial charge in [-0.2, -0.15) is 0 Å². The van der Waals surface area contributed by atoms with Crippen molar-refractivity contribution in [1.29, 1.82) is 0 Å². The molecule has 2 heterocycles. The summed E-state index contributed by atoms with van der Waals surface area (Å²) in [6, 6.07) is 4.00. The predicted molar refractivity (Wildman–Crippen MR) is 81.1 cm³/mol. The molecule has 1 fully saturated rings. The molecule has 1 N–H and O–H groups in total. The lowest BCUT2D eigenvalue weighted by Gasteiger charge is -2.34. The normalized spacial score (nSPS) is 18.6. The van der Waals surface area contributed by atoms with E-state index in [1.54, 1.807) is 4.90 Å². The lowest BCUT2D eigenvalue weighted by molar-refractivity contribution is -0.0422. The Hall–Kier alpha value is -1.49. The number of nitrogens with zero attached hydrogens (tertiary/aromatic N) is 1. The number of carbonyl (C=O) groups excluding carboxylic acids is 1. The average molecular weight is 294 g/mol. The Morgan fingerprint density at radius 2 is 2.05 bits per heavy atom. The summed E-state index contributed by atoms with van der Waals surface area (Å²) in [5.41, 5.74) is 0.650. The minimum atomic E-state index is -0.438. The van der Waals surface area contributed by atoms with Gasteiger partial charge >= 0.3 is 6.09 Å². The van der Waals surface area contributed by atoms with E-state index in [2.05, 4.69) is 4.98 Å². The standard InChI is InChI=1S/C16H26N2O3/c1-12(14-6-5-9-17-14)20-13-7-10-18(11-8-13)15(19)21-16(2,3)4/h5-6,9,12-13,17H,7-8,10-11H2,1-4H3/t12-/m1/s1. The summed E-state index contributed by atoms with van der Waals surface area (Å²) in [6.45, 7) is 9.09. The minimum Gasteiger partial charge on any atom is -0.444 e. The van der Waals surface area contributed by atoms with E-state index in [9.17, 15) is 4.79 Å². The Kier molecular flexibility index (Phi) is 4.93. The number of rotatable bonds is 3. The van der Waals surface area contributed by atoms with E-state index in [1.165, 1.54) is 0 Å². The minimum absolute atomic E-state index is 0.0538. The molecule has 1 saturated heterocycles. The van der Waals surface area contributed by atoms with Crippen LogP contribution in [0, 0.1) is 0 Å². The van der Waals surface area contributed by atoms with Crippen LogP contribution < -0.4 is 0 Å². The Morgan fingerprint density at radius 1 is 1.38 bits per heavy atom. The summed E-state index contributed by atoms with van der Waals surface area (Å²) >= 11 is 0. The zero-order valence-electron chi connectivity index (χ0n) is 13.4. The van der Waals surface area contributed by atoms with Crippen molar-refractivity contribution < 1.29 is 14.3 Å². The third kappa shape index (κ3) is 4.77. The van der Waals surface area contributed by atoms with Crippen molar-refractivity contribution in [3.05, 3.63) is 24.0 Å². The van der Waals surface area contributed by atoms with Crippen LogP contribution >= 0.6 is 0 Å². The highest BCUT2D eigenvalue weighted by atomic mass is 16.6. The number of likely N-dealkylation sites (tertiary alicyclic amines) is 1. The van der Waals surface area contributed by atoms with Crippen molar-refractivity contribution >= 4 is 6.09 Å². The van der Waals surface area contributed by atoms with E-state index in [4.69, 9.17) is 9.47 Å². The maximum atomic E-state index is 12.0. The second-order valence-electron chi connectivity index (χ2n) is 6.57. The summed E-state index contributed by atoms with van der Waals surface area (Å²) in [6.07, 6.45) is 3.63. The highest BCUT2D eigenvalue weighted by molar-refractivity contribution is 5.68. The summed E-state index contributed by atoms with van der Waals surface area (Å²) in [4.78, 5) is 16.9. The van der Waals surface area contributed by atoms with Gasteiger partial charge in [0.2, 0.25) is 0 Å². The first-order chi connectivity index (χ1) is 9.85. The fourth-order valence-corrected chi connectivity index (χ4v) is 2.46. The summed E-state index contributed by atoms with van der Waals surface area (Å²) < 4.78 is 11.4. The van der Waals surface area contributed by atoms with Crippen LogP contribution in [0.15, 0.2) is 18.3 Å². The van der Waals surface area contributed by atoms with E-state index in [1.807, 2.05) is 46.0 Å². The molecule has 1 atom stereocenters. The van der Waals surface area contributed by atoms with E-state index in [-0.39, 0.29) is 18.3 Å². The number of aromatic amines is 1. The van der Waals surface area contributed by atoms with Gasteiger partial charge in [-0.15, -0.1) is 0 Å². The van der Waals surface area contributed by atoms with Crippen LogP contribution in [0.3, 0.4) is 0 Å². The molecule has 0 bridgehead atoms. The largest absolute Gasteiger partial charge is 0.444 e. The van der Waals surface area contributed by atoms with E-state index in [0.717, 1.165) is 18.5 Å². The van der Waals surface area contributed by atoms with Gasteiger partial charge in [0.25, 0.3) is 0 Å². The quantitative estimate of drug-likeness (QED) is 0.928. The van der Waals surface area contributed by atoms with Gasteiger partial charge in [0.15, 0.2) is 0 Å². The van der Waals surface area contributed by atoms with Crippen molar-refractivity contribution in [2.45, 2.75) is 58.3 Å². The molecule has 0 radical (unpaired) electrons. The van der Waals surface area contributed by atoms with Gasteiger partial charge in [0, 0.05) is 25.0 Å². The smallest absolute Gasteiger partial charge is 0.410 e. The second kappa shape index (κ2) is 6.52. The van der Waals surface area contributed by atoms with Crippen LogP contribution in [0.25, 0.3) is 0 Å². The molecule has 2 rings (SSSR count). The maximum absolute atomic E-state index is 12.0. The van der Waals surface area contributed by atoms with Crippen LogP contribution in [0.1, 0.15) is 52.3 Å². The number of aromatic nitrogens is 1. The number of carbonyl (C=O) groups is 1. The van der Waals surface area contributed by atoms with Gasteiger partial charge in [-0.3, -0.25) is 0 Å². The summed E-state index contributed by atoms with van der Waals surface area (Å²) in [5.74, 6) is 0. The van der Waals surface area contributed by atoms with Gasteiger partial charge in [-0.25, -0.2) is 4.79 Å². The lowest BCUT2D eigenvalue weighted by Crippen LogP contribution is -2.43. The number of amides is 1. The molecule has 0 saturated carbocycles. The fourth-order valence-electron chi connectivity index (χ4n) is 2.46. The highest BCUT2D eigenvalue weighted by Crippen LogP contribution is 2.23. The van der Waals surface area contributed by atoms with Gasteiger partial charge in [0.1, 0.15) is 5.60 Å². The van der Waals surface area contributed by atoms with Gasteiger partial charge in [-0.05, 0) is 52.7 Å². The van der Waals surface area contributed by atoms with E-state index < -0.39 is 5.60 Å². The SMILES string of the molecule is C[C@@H](OC1CCN(C(=O)OC(C)(C)C)CC1)c1ccc[nH]1. The molecule has 1 aromatic heterocycles. The molecule has 0 unspecified atom stereocenters. The Morgan fingerprint density at radius 3 is 2.57 bits per heavy atom. The van der Waals surface area contributed by atoms with Gasteiger partial charge < -0.3 is 19.4 Å². The molecule has 5 heteroatoms. The Labute approximate surface area is 126 Å². The number of H-pyrrole nitrogens is 1. The lowest BCUT2D eigenvalue weighted by atomic mass is 10.1. The molecule has 0 spiro atoms. The van der Waals surface area contributed by atoms with Crippen molar-refractivity contribution in [1.82, 2.24) is 9.88 Å². The molecule has 1 aliphatic heterocycles. The second-order valence-corrected chi connectivity index (χ2v) is 6.57. The average Bonchev–Trinajstić information content (AvgIpc) is 2.91. The molecule has 21 heavy (non-hydrogen) atoms. The van der Waals surface area contributed by atoms with Crippen molar-refractivity contribution in [2.75, 3.05) is 13.1 Å². The molecule has 1 aromatic rings. The summed E-state index contributed by atoms with van der Waals surface area (Å²) in [5, 5.41) is 0. The molecule has 1 aliphatic rings. The number of nitrogens with one attached hydrogen (secondary N) is 1. The molecule has 118 valence electrons. The molecule has 1 amide bonds. The van der Waals surface area contributed by atoms with Crippen LogP contribution in [0.4, 0.5) is 4.79 Å². The number of piperidine rings is 1. The first-order valence-electron chi connectivity index (χ1n) is 7.62. The first-order valence-corrected chi connectivity index (χ1v) is 7.62. The molecular formula is C16H26N2O3. The van der Waals surface area contributed by atoms with Crippen LogP contribution in [0.5, 0.6) is 0 Å². The van der Waals surface area contributed by atoms with Crippen molar-refractivity contribution in [3.63, 3.8) is 0 Å². The van der Waals surface area contributed by atoms with Crippen molar-refractivity contribution in [2.24, 2.45) is 0 Å². The van der Waals surface area contributed by atoms with E-state index >= 15 is 0 Å². The number of ether oxygens (including phenoxy) is 2. The zero-order chi connectivity index (χ0) is 15.5. The van der Waals surface area contributed by atoms with Crippen LogP contribution in [-0.2, 0) is 9.47 Å².